The van der Waals surface area contributed by atoms with Crippen LogP contribution in [0.15, 0.2) is 24.4 Å². The summed E-state index contributed by atoms with van der Waals surface area (Å²) in [4.78, 5) is 43.2. The minimum Gasteiger partial charge on any atom is -0.475 e. The smallest absolute Gasteiger partial charge is 0.475 e. The Kier molecular flexibility index (Phi) is 11.9. The molecule has 0 unspecified atom stereocenters. The monoisotopic (exact) mass is 573 g/mol. The number of alkyl halides is 6. The second kappa shape index (κ2) is 14.4. The Labute approximate surface area is 219 Å². The molecule has 1 aromatic heterocycles. The van der Waals surface area contributed by atoms with Gasteiger partial charge in [-0.25, -0.2) is 14.7 Å². The number of aliphatic carboxylic acids is 2. The van der Waals surface area contributed by atoms with E-state index in [1.54, 1.807) is 5.06 Å². The third-order valence-electron chi connectivity index (χ3n) is 6.12. The number of hydroxylamine groups is 2. The van der Waals surface area contributed by atoms with Gasteiger partial charge in [0.05, 0.1) is 18.4 Å². The fourth-order valence-corrected chi connectivity index (χ4v) is 4.31. The van der Waals surface area contributed by atoms with Crippen LogP contribution in [0.4, 0.5) is 26.3 Å². The van der Waals surface area contributed by atoms with Gasteiger partial charge in [0.1, 0.15) is 0 Å². The van der Waals surface area contributed by atoms with E-state index in [4.69, 9.17) is 29.4 Å². The molecule has 0 aliphatic carbocycles. The number of hydrogen-bond acceptors (Lipinski definition) is 7. The van der Waals surface area contributed by atoms with Crippen molar-refractivity contribution in [3.63, 3.8) is 0 Å². The van der Waals surface area contributed by atoms with E-state index in [0.717, 1.165) is 57.6 Å². The number of carbonyl (C=O) groups excluding carboxylic acids is 1. The zero-order chi connectivity index (χ0) is 29.2. The van der Waals surface area contributed by atoms with Crippen molar-refractivity contribution in [1.29, 1.82) is 0 Å². The quantitative estimate of drug-likeness (QED) is 0.524. The van der Waals surface area contributed by atoms with E-state index in [2.05, 4.69) is 16.0 Å². The highest BCUT2D eigenvalue weighted by Gasteiger charge is 2.43. The number of halogens is 6. The number of amides is 1. The maximum absolute atomic E-state index is 13.0. The van der Waals surface area contributed by atoms with E-state index < -0.39 is 24.3 Å². The number of carboxylic acids is 2. The topological polar surface area (TPSA) is 129 Å². The zero-order valence-electron chi connectivity index (χ0n) is 20.7. The standard InChI is InChI=1S/C19H27N3O3.2C2HF3O2/c23-19(22-9-3-4-11-25-22)16-7-12-24-18-6-10-21(14-17(16)18)13-15-5-1-2-8-20-15;2*3-2(4,5)1(6)7/h1-2,5,8,16-18H,3-4,6-7,9-14H2;2*(H,6,7)/t16-,17+,18-;;/m1../s1. The van der Waals surface area contributed by atoms with E-state index >= 15 is 0 Å². The summed E-state index contributed by atoms with van der Waals surface area (Å²) in [6.45, 7) is 4.81. The second-order valence-corrected chi connectivity index (χ2v) is 8.90. The number of likely N-dealkylation sites (tertiary alicyclic amines) is 1. The SMILES string of the molecule is O=C(O)C(F)(F)F.O=C(O)C(F)(F)F.O=C([C@@H]1CCO[C@@H]2CCN(Cc3ccccn3)C[C@H]21)N1CCCCO1. The highest BCUT2D eigenvalue weighted by atomic mass is 19.4. The van der Waals surface area contributed by atoms with Crippen LogP contribution in [0.5, 0.6) is 0 Å². The first kappa shape index (κ1) is 32.2. The summed E-state index contributed by atoms with van der Waals surface area (Å²) >= 11 is 0. The Hall–Kier alpha value is -2.98. The van der Waals surface area contributed by atoms with Crippen LogP contribution in [-0.4, -0.2) is 94.3 Å². The third kappa shape index (κ3) is 10.6. The normalized spacial score (nSPS) is 23.7. The summed E-state index contributed by atoms with van der Waals surface area (Å²) in [5.41, 5.74) is 1.08. The Bertz CT molecular complexity index is 918. The molecule has 3 aliphatic heterocycles. The molecular weight excluding hydrogens is 544 g/mol. The minimum atomic E-state index is -5.08. The third-order valence-corrected chi connectivity index (χ3v) is 6.12. The molecule has 2 N–H and O–H groups in total. The molecule has 220 valence electrons. The summed E-state index contributed by atoms with van der Waals surface area (Å²) in [5.74, 6) is -5.08. The van der Waals surface area contributed by atoms with Crippen molar-refractivity contribution in [3.05, 3.63) is 30.1 Å². The average Bonchev–Trinajstić information content (AvgIpc) is 2.88. The van der Waals surface area contributed by atoms with Gasteiger partial charge in [0, 0.05) is 50.8 Å². The lowest BCUT2D eigenvalue weighted by atomic mass is 9.78. The number of rotatable bonds is 3. The van der Waals surface area contributed by atoms with E-state index in [9.17, 15) is 31.1 Å². The van der Waals surface area contributed by atoms with Gasteiger partial charge in [-0.1, -0.05) is 6.07 Å². The number of hydrogen-bond donors (Lipinski definition) is 2. The van der Waals surface area contributed by atoms with Gasteiger partial charge < -0.3 is 14.9 Å². The minimum absolute atomic E-state index is 0.0170. The van der Waals surface area contributed by atoms with Gasteiger partial charge in [0.2, 0.25) is 5.91 Å². The van der Waals surface area contributed by atoms with Crippen LogP contribution >= 0.6 is 0 Å². The lowest BCUT2D eigenvalue weighted by Gasteiger charge is -2.45. The molecule has 10 nitrogen and oxygen atoms in total. The van der Waals surface area contributed by atoms with Gasteiger partial charge >= 0.3 is 24.3 Å². The van der Waals surface area contributed by atoms with Crippen molar-refractivity contribution in [1.82, 2.24) is 14.9 Å². The molecule has 1 amide bonds. The van der Waals surface area contributed by atoms with Gasteiger partial charge in [-0.2, -0.15) is 26.3 Å². The van der Waals surface area contributed by atoms with Gasteiger partial charge in [-0.15, -0.1) is 0 Å². The summed E-state index contributed by atoms with van der Waals surface area (Å²) < 4.78 is 69.5. The molecule has 4 heterocycles. The Morgan fingerprint density at radius 3 is 2.10 bits per heavy atom. The fourth-order valence-electron chi connectivity index (χ4n) is 4.31. The number of pyridine rings is 1. The summed E-state index contributed by atoms with van der Waals surface area (Å²) in [5, 5.41) is 15.9. The first-order valence-electron chi connectivity index (χ1n) is 12.0. The molecule has 0 spiro atoms. The first-order valence-corrected chi connectivity index (χ1v) is 12.0. The number of nitrogens with zero attached hydrogens (tertiary/aromatic N) is 3. The lowest BCUT2D eigenvalue weighted by molar-refractivity contribution is -0.209. The maximum Gasteiger partial charge on any atom is 0.490 e. The van der Waals surface area contributed by atoms with Gasteiger partial charge in [0.15, 0.2) is 0 Å². The largest absolute Gasteiger partial charge is 0.490 e. The summed E-state index contributed by atoms with van der Waals surface area (Å²) in [6.07, 6.45) is -4.26. The van der Waals surface area contributed by atoms with Crippen molar-refractivity contribution < 1.29 is 60.5 Å². The number of carbonyl (C=O) groups is 3. The molecule has 0 bridgehead atoms. The molecule has 3 atom stereocenters. The van der Waals surface area contributed by atoms with Gasteiger partial charge in [-0.3, -0.25) is 19.5 Å². The fraction of sp³-hybridized carbons (Fsp3) is 0.652. The van der Waals surface area contributed by atoms with Crippen LogP contribution in [0.2, 0.25) is 0 Å². The van der Waals surface area contributed by atoms with Crippen LogP contribution in [0, 0.1) is 11.8 Å². The van der Waals surface area contributed by atoms with Crippen molar-refractivity contribution in [3.8, 4) is 0 Å². The predicted octanol–water partition coefficient (Wildman–Crippen LogP) is 3.13. The molecule has 0 aromatic carbocycles. The van der Waals surface area contributed by atoms with Crippen LogP contribution in [0.1, 0.15) is 31.4 Å². The number of carboxylic acid groups (broad SMARTS) is 2. The van der Waals surface area contributed by atoms with E-state index in [1.807, 2.05) is 18.3 Å². The molecule has 0 saturated carbocycles. The van der Waals surface area contributed by atoms with E-state index in [0.29, 0.717) is 13.2 Å². The van der Waals surface area contributed by atoms with Crippen LogP contribution in [0.3, 0.4) is 0 Å². The highest BCUT2D eigenvalue weighted by Crippen LogP contribution is 2.35. The van der Waals surface area contributed by atoms with Gasteiger partial charge in [0.25, 0.3) is 0 Å². The Morgan fingerprint density at radius 1 is 0.949 bits per heavy atom. The van der Waals surface area contributed by atoms with Crippen molar-refractivity contribution in [2.45, 2.75) is 50.7 Å². The molecule has 4 rings (SSSR count). The summed E-state index contributed by atoms with van der Waals surface area (Å²) in [7, 11) is 0. The number of fused-ring (bicyclic) bond motifs is 1. The molecule has 3 aliphatic rings. The lowest BCUT2D eigenvalue weighted by Crippen LogP contribution is -2.54. The molecule has 3 saturated heterocycles. The van der Waals surface area contributed by atoms with Crippen LogP contribution in [-0.2, 0) is 30.5 Å². The number of ether oxygens (including phenoxy) is 1. The first-order chi connectivity index (χ1) is 18.2. The molecule has 1 aromatic rings. The van der Waals surface area contributed by atoms with Gasteiger partial charge in [-0.05, 0) is 37.8 Å². The highest BCUT2D eigenvalue weighted by molar-refractivity contribution is 5.78. The van der Waals surface area contributed by atoms with Crippen molar-refractivity contribution >= 4 is 17.8 Å². The Morgan fingerprint density at radius 2 is 1.59 bits per heavy atom. The van der Waals surface area contributed by atoms with Crippen molar-refractivity contribution in [2.24, 2.45) is 11.8 Å². The van der Waals surface area contributed by atoms with E-state index in [-0.39, 0.29) is 23.8 Å². The van der Waals surface area contributed by atoms with E-state index in [1.165, 1.54) is 0 Å². The number of piperidine rings is 1. The molecular formula is C23H29F6N3O7. The zero-order valence-corrected chi connectivity index (χ0v) is 20.7. The number of aromatic nitrogens is 1. The molecule has 16 heteroatoms. The summed E-state index contributed by atoms with van der Waals surface area (Å²) in [6, 6.07) is 6.03. The Balaban J connectivity index is 0.000000317. The average molecular weight is 573 g/mol. The second-order valence-electron chi connectivity index (χ2n) is 8.90. The predicted molar refractivity (Wildman–Crippen MR) is 120 cm³/mol. The molecule has 3 fully saturated rings. The van der Waals surface area contributed by atoms with Crippen LogP contribution in [0.25, 0.3) is 0 Å². The maximum atomic E-state index is 13.0. The van der Waals surface area contributed by atoms with Crippen LogP contribution < -0.4 is 0 Å². The molecule has 39 heavy (non-hydrogen) atoms. The molecule has 0 radical (unpaired) electrons. The van der Waals surface area contributed by atoms with Crippen molar-refractivity contribution in [2.75, 3.05) is 32.8 Å².